The van der Waals surface area contributed by atoms with E-state index in [1.807, 2.05) is 0 Å². The Balaban J connectivity index is 1.95. The Hall–Kier alpha value is -1.10. The van der Waals surface area contributed by atoms with E-state index >= 15 is 0 Å². The summed E-state index contributed by atoms with van der Waals surface area (Å²) in [5, 5.41) is 4.01. The standard InChI is InChI=1S/C13H17NO3S/c1-9-8-18(16,17)13(11(9)14-12(13)15)7-10-5-3-2-4-6-10/h3,5,8,10-11H,2,4,6-7H2,1H3,(H,14,15)/t10-,11+,13-/m1/s1. The first kappa shape index (κ1) is 12.0. The van der Waals surface area contributed by atoms with Crippen molar-refractivity contribution < 1.29 is 13.2 Å². The fourth-order valence-corrected chi connectivity index (χ4v) is 5.56. The molecule has 18 heavy (non-hydrogen) atoms. The Bertz CT molecular complexity index is 561. The quantitative estimate of drug-likeness (QED) is 0.606. The molecule has 0 radical (unpaired) electrons. The van der Waals surface area contributed by atoms with Gasteiger partial charge >= 0.3 is 0 Å². The number of hydrogen-bond donors (Lipinski definition) is 1. The van der Waals surface area contributed by atoms with E-state index in [0.717, 1.165) is 24.8 Å². The Morgan fingerprint density at radius 1 is 1.50 bits per heavy atom. The topological polar surface area (TPSA) is 63.2 Å². The van der Waals surface area contributed by atoms with Crippen LogP contribution in [0.1, 0.15) is 32.6 Å². The third-order valence-electron chi connectivity index (χ3n) is 4.35. The summed E-state index contributed by atoms with van der Waals surface area (Å²) in [5.41, 5.74) is 0.759. The molecule has 1 fully saturated rings. The number of β-lactam (4-membered cyclic amide) rings is 1. The third-order valence-corrected chi connectivity index (χ3v) is 6.63. The number of allylic oxidation sites excluding steroid dienone is 2. The van der Waals surface area contributed by atoms with E-state index in [2.05, 4.69) is 17.5 Å². The van der Waals surface area contributed by atoms with Gasteiger partial charge in [0.2, 0.25) is 5.91 Å². The molecule has 0 unspecified atom stereocenters. The maximum atomic E-state index is 12.3. The molecule has 98 valence electrons. The molecule has 1 N–H and O–H groups in total. The summed E-state index contributed by atoms with van der Waals surface area (Å²) in [6.07, 6.45) is 7.71. The van der Waals surface area contributed by atoms with Crippen LogP contribution >= 0.6 is 0 Å². The summed E-state index contributed by atoms with van der Waals surface area (Å²) in [6.45, 7) is 1.78. The fraction of sp³-hybridized carbons (Fsp3) is 0.615. The summed E-state index contributed by atoms with van der Waals surface area (Å²) < 4.78 is 23.4. The van der Waals surface area contributed by atoms with Gasteiger partial charge in [-0.3, -0.25) is 4.79 Å². The summed E-state index contributed by atoms with van der Waals surface area (Å²) in [6, 6.07) is -0.301. The average Bonchev–Trinajstić information content (AvgIpc) is 2.47. The molecule has 3 atom stereocenters. The van der Waals surface area contributed by atoms with Gasteiger partial charge in [0, 0.05) is 5.41 Å². The highest BCUT2D eigenvalue weighted by molar-refractivity contribution is 7.97. The number of amides is 1. The van der Waals surface area contributed by atoms with E-state index in [-0.39, 0.29) is 17.9 Å². The highest BCUT2D eigenvalue weighted by Gasteiger charge is 2.67. The van der Waals surface area contributed by atoms with Gasteiger partial charge in [-0.1, -0.05) is 12.2 Å². The number of fused-ring (bicyclic) bond motifs is 1. The second-order valence-corrected chi connectivity index (χ2v) is 7.58. The lowest BCUT2D eigenvalue weighted by molar-refractivity contribution is -0.132. The molecule has 0 aromatic carbocycles. The van der Waals surface area contributed by atoms with Crippen LogP contribution in [0.4, 0.5) is 0 Å². The minimum Gasteiger partial charge on any atom is -0.346 e. The lowest BCUT2D eigenvalue weighted by atomic mass is 9.77. The van der Waals surface area contributed by atoms with Gasteiger partial charge in [-0.25, -0.2) is 8.42 Å². The Labute approximate surface area is 107 Å². The van der Waals surface area contributed by atoms with Crippen LogP contribution in [0.3, 0.4) is 0 Å². The highest BCUT2D eigenvalue weighted by atomic mass is 32.2. The van der Waals surface area contributed by atoms with Crippen molar-refractivity contribution in [1.29, 1.82) is 0 Å². The molecule has 2 aliphatic heterocycles. The number of nitrogens with one attached hydrogen (secondary N) is 1. The molecular weight excluding hydrogens is 250 g/mol. The second kappa shape index (κ2) is 3.70. The van der Waals surface area contributed by atoms with Crippen molar-refractivity contribution in [3.63, 3.8) is 0 Å². The van der Waals surface area contributed by atoms with Gasteiger partial charge in [-0.05, 0) is 44.1 Å². The zero-order chi connectivity index (χ0) is 13.0. The second-order valence-electron chi connectivity index (χ2n) is 5.53. The van der Waals surface area contributed by atoms with Crippen LogP contribution < -0.4 is 5.32 Å². The normalized spacial score (nSPS) is 40.7. The predicted molar refractivity (Wildman–Crippen MR) is 68.4 cm³/mol. The van der Waals surface area contributed by atoms with Crippen LogP contribution in [-0.4, -0.2) is 25.1 Å². The Morgan fingerprint density at radius 3 is 2.83 bits per heavy atom. The summed E-state index contributed by atoms with van der Waals surface area (Å²) >= 11 is 0. The van der Waals surface area contributed by atoms with Crippen LogP contribution in [0.25, 0.3) is 0 Å². The van der Waals surface area contributed by atoms with Crippen molar-refractivity contribution in [2.45, 2.75) is 43.4 Å². The molecule has 0 bridgehead atoms. The molecule has 0 saturated carbocycles. The third kappa shape index (κ3) is 1.37. The minimum absolute atomic E-state index is 0.210. The SMILES string of the molecule is CC1=CS(=O)(=O)[C@@]2(C[C@@H]3C=CCCC3)C(=O)N[C@@H]12. The van der Waals surface area contributed by atoms with E-state index in [0.29, 0.717) is 6.42 Å². The van der Waals surface area contributed by atoms with Gasteiger partial charge in [-0.2, -0.15) is 0 Å². The lowest BCUT2D eigenvalue weighted by Crippen LogP contribution is -2.73. The molecule has 3 rings (SSSR count). The zero-order valence-corrected chi connectivity index (χ0v) is 11.2. The van der Waals surface area contributed by atoms with E-state index in [1.165, 1.54) is 5.41 Å². The van der Waals surface area contributed by atoms with E-state index in [4.69, 9.17) is 0 Å². The van der Waals surface area contributed by atoms with Gasteiger partial charge in [0.1, 0.15) is 0 Å². The monoisotopic (exact) mass is 267 g/mol. The summed E-state index contributed by atoms with van der Waals surface area (Å²) in [7, 11) is -3.45. The van der Waals surface area contributed by atoms with Crippen LogP contribution in [0.15, 0.2) is 23.1 Å². The van der Waals surface area contributed by atoms with E-state index in [1.54, 1.807) is 6.92 Å². The van der Waals surface area contributed by atoms with Crippen molar-refractivity contribution in [1.82, 2.24) is 5.32 Å². The van der Waals surface area contributed by atoms with Gasteiger partial charge in [-0.15, -0.1) is 0 Å². The number of carbonyl (C=O) groups is 1. The molecule has 0 aromatic heterocycles. The number of hydrogen-bond acceptors (Lipinski definition) is 3. The molecule has 1 amide bonds. The zero-order valence-electron chi connectivity index (χ0n) is 10.3. The smallest absolute Gasteiger partial charge is 0.244 e. The molecule has 5 heteroatoms. The van der Waals surface area contributed by atoms with E-state index in [9.17, 15) is 13.2 Å². The van der Waals surface area contributed by atoms with Gasteiger partial charge < -0.3 is 5.32 Å². The molecule has 2 heterocycles. The Kier molecular flexibility index (Phi) is 2.46. The van der Waals surface area contributed by atoms with Crippen LogP contribution in [-0.2, 0) is 14.6 Å². The fourth-order valence-electron chi connectivity index (χ4n) is 3.39. The van der Waals surface area contributed by atoms with Crippen molar-refractivity contribution >= 4 is 15.7 Å². The molecule has 1 aliphatic carbocycles. The highest BCUT2D eigenvalue weighted by Crippen LogP contribution is 2.46. The first-order chi connectivity index (χ1) is 8.47. The van der Waals surface area contributed by atoms with Crippen molar-refractivity contribution in [2.24, 2.45) is 5.92 Å². The molecule has 4 nitrogen and oxygen atoms in total. The molecule has 1 saturated heterocycles. The number of carbonyl (C=O) groups excluding carboxylic acids is 1. The van der Waals surface area contributed by atoms with Crippen molar-refractivity contribution in [3.05, 3.63) is 23.1 Å². The molecule has 0 spiro atoms. The molecular formula is C13H17NO3S. The number of sulfone groups is 1. The first-order valence-electron chi connectivity index (χ1n) is 6.38. The molecule has 3 aliphatic rings. The summed E-state index contributed by atoms with van der Waals surface area (Å²) in [4.78, 5) is 11.9. The van der Waals surface area contributed by atoms with Crippen LogP contribution in [0, 0.1) is 5.92 Å². The van der Waals surface area contributed by atoms with Crippen LogP contribution in [0.2, 0.25) is 0 Å². The van der Waals surface area contributed by atoms with Gasteiger partial charge in [0.05, 0.1) is 6.04 Å². The van der Waals surface area contributed by atoms with Gasteiger partial charge in [0.25, 0.3) is 0 Å². The van der Waals surface area contributed by atoms with Crippen LogP contribution in [0.5, 0.6) is 0 Å². The predicted octanol–water partition coefficient (Wildman–Crippen LogP) is 1.30. The van der Waals surface area contributed by atoms with Crippen molar-refractivity contribution in [2.75, 3.05) is 0 Å². The van der Waals surface area contributed by atoms with Gasteiger partial charge in [0.15, 0.2) is 14.6 Å². The Morgan fingerprint density at radius 2 is 2.28 bits per heavy atom. The maximum Gasteiger partial charge on any atom is 0.244 e. The molecule has 0 aromatic rings. The van der Waals surface area contributed by atoms with Crippen molar-refractivity contribution in [3.8, 4) is 0 Å². The largest absolute Gasteiger partial charge is 0.346 e. The maximum absolute atomic E-state index is 12.3. The van der Waals surface area contributed by atoms with E-state index < -0.39 is 14.6 Å². The lowest BCUT2D eigenvalue weighted by Gasteiger charge is -2.45. The first-order valence-corrected chi connectivity index (χ1v) is 7.92. The number of rotatable bonds is 2. The average molecular weight is 267 g/mol. The minimum atomic E-state index is -3.45. The summed E-state index contributed by atoms with van der Waals surface area (Å²) in [5.74, 6) is -0.110.